The Hall–Kier alpha value is -1.95. The van der Waals surface area contributed by atoms with Gasteiger partial charge in [-0.3, -0.25) is 9.59 Å². The number of carbonyl (C=O) groups excluding carboxylic acids is 2. The van der Waals surface area contributed by atoms with Crippen molar-refractivity contribution < 1.29 is 14.0 Å². The van der Waals surface area contributed by atoms with E-state index in [9.17, 15) is 14.0 Å². The van der Waals surface area contributed by atoms with E-state index in [0.29, 0.717) is 13.1 Å². The minimum Gasteiger partial charge on any atom is -0.341 e. The Morgan fingerprint density at radius 1 is 1.15 bits per heavy atom. The Kier molecular flexibility index (Phi) is 6.15. The Morgan fingerprint density at radius 2 is 1.74 bits per heavy atom. The largest absolute Gasteiger partial charge is 0.341 e. The first-order valence-electron chi connectivity index (χ1n) is 9.90. The maximum Gasteiger partial charge on any atom is 0.229 e. The van der Waals surface area contributed by atoms with Gasteiger partial charge in [0, 0.05) is 26.1 Å². The highest BCUT2D eigenvalue weighted by molar-refractivity contribution is 5.85. The van der Waals surface area contributed by atoms with Gasteiger partial charge in [-0.05, 0) is 57.1 Å². The highest BCUT2D eigenvalue weighted by atomic mass is 19.1. The number of rotatable bonds is 5. The lowest BCUT2D eigenvalue weighted by Gasteiger charge is -2.43. The third-order valence-corrected chi connectivity index (χ3v) is 6.07. The van der Waals surface area contributed by atoms with Gasteiger partial charge in [-0.15, -0.1) is 0 Å². The van der Waals surface area contributed by atoms with Crippen molar-refractivity contribution in [1.82, 2.24) is 14.7 Å². The van der Waals surface area contributed by atoms with Crippen molar-refractivity contribution in [3.63, 3.8) is 0 Å². The molecule has 6 heteroatoms. The summed E-state index contributed by atoms with van der Waals surface area (Å²) in [7, 11) is 3.89. The second-order valence-corrected chi connectivity index (χ2v) is 7.94. The molecular weight excluding hydrogens is 345 g/mol. The zero-order valence-electron chi connectivity index (χ0n) is 16.5. The summed E-state index contributed by atoms with van der Waals surface area (Å²) >= 11 is 0. The van der Waals surface area contributed by atoms with E-state index in [-0.39, 0.29) is 35.5 Å². The van der Waals surface area contributed by atoms with Gasteiger partial charge >= 0.3 is 0 Å². The van der Waals surface area contributed by atoms with Crippen LogP contribution in [0.25, 0.3) is 0 Å². The van der Waals surface area contributed by atoms with Crippen LogP contribution in [-0.4, -0.2) is 66.8 Å². The van der Waals surface area contributed by atoms with E-state index in [1.807, 2.05) is 11.8 Å². The molecule has 1 aromatic carbocycles. The fourth-order valence-corrected chi connectivity index (χ4v) is 4.19. The van der Waals surface area contributed by atoms with Crippen LogP contribution < -0.4 is 0 Å². The number of likely N-dealkylation sites (tertiary alicyclic amines) is 2. The predicted octanol–water partition coefficient (Wildman–Crippen LogP) is 2.54. The summed E-state index contributed by atoms with van der Waals surface area (Å²) in [6.07, 6.45) is 2.58. The SMILES string of the molecule is CC[C@H](c1ccc(F)cc1)N(C)C(=O)C1CN(C(=O)C2CCN(C)CC2)C1. The molecule has 0 unspecified atom stereocenters. The summed E-state index contributed by atoms with van der Waals surface area (Å²) in [6.45, 7) is 4.99. The molecule has 3 rings (SSSR count). The fraction of sp³-hybridized carbons (Fsp3) is 0.619. The molecule has 0 saturated carbocycles. The molecule has 2 aliphatic rings. The number of halogens is 1. The van der Waals surface area contributed by atoms with E-state index >= 15 is 0 Å². The van der Waals surface area contributed by atoms with Crippen molar-refractivity contribution in [2.45, 2.75) is 32.2 Å². The number of benzene rings is 1. The van der Waals surface area contributed by atoms with E-state index in [0.717, 1.165) is 37.9 Å². The Balaban J connectivity index is 1.54. The van der Waals surface area contributed by atoms with Gasteiger partial charge < -0.3 is 14.7 Å². The van der Waals surface area contributed by atoms with E-state index in [2.05, 4.69) is 11.9 Å². The highest BCUT2D eigenvalue weighted by Crippen LogP contribution is 2.29. The lowest BCUT2D eigenvalue weighted by molar-refractivity contribution is -0.152. The van der Waals surface area contributed by atoms with Crippen LogP contribution in [0.1, 0.15) is 37.8 Å². The van der Waals surface area contributed by atoms with Gasteiger partial charge in [-0.2, -0.15) is 0 Å². The Bertz CT molecular complexity index is 665. The maximum absolute atomic E-state index is 13.2. The average Bonchev–Trinajstić information content (AvgIpc) is 2.63. The fourth-order valence-electron chi connectivity index (χ4n) is 4.19. The zero-order chi connectivity index (χ0) is 19.6. The van der Waals surface area contributed by atoms with Crippen LogP contribution in [-0.2, 0) is 9.59 Å². The van der Waals surface area contributed by atoms with E-state index in [1.54, 1.807) is 24.1 Å². The summed E-state index contributed by atoms with van der Waals surface area (Å²) in [4.78, 5) is 31.3. The number of hydrogen-bond acceptors (Lipinski definition) is 3. The van der Waals surface area contributed by atoms with Gasteiger partial charge in [0.1, 0.15) is 5.82 Å². The summed E-state index contributed by atoms with van der Waals surface area (Å²) < 4.78 is 13.2. The summed E-state index contributed by atoms with van der Waals surface area (Å²) in [6, 6.07) is 6.27. The summed E-state index contributed by atoms with van der Waals surface area (Å²) in [5.41, 5.74) is 0.938. The molecule has 27 heavy (non-hydrogen) atoms. The molecule has 2 heterocycles. The molecule has 148 valence electrons. The number of carbonyl (C=O) groups is 2. The molecule has 2 saturated heterocycles. The number of hydrogen-bond donors (Lipinski definition) is 0. The molecule has 2 aliphatic heterocycles. The molecule has 1 atom stereocenters. The molecule has 0 N–H and O–H groups in total. The first-order valence-corrected chi connectivity index (χ1v) is 9.90. The molecule has 2 amide bonds. The van der Waals surface area contributed by atoms with Crippen molar-refractivity contribution in [2.24, 2.45) is 11.8 Å². The van der Waals surface area contributed by atoms with Gasteiger partial charge in [0.15, 0.2) is 0 Å². The maximum atomic E-state index is 13.2. The third kappa shape index (κ3) is 4.32. The van der Waals surface area contributed by atoms with Gasteiger partial charge in [0.2, 0.25) is 11.8 Å². The minimum absolute atomic E-state index is 0.0682. The predicted molar refractivity (Wildman–Crippen MR) is 102 cm³/mol. The van der Waals surface area contributed by atoms with E-state index in [4.69, 9.17) is 0 Å². The van der Waals surface area contributed by atoms with Gasteiger partial charge in [0.05, 0.1) is 12.0 Å². The standard InChI is InChI=1S/C21H30FN3O2/c1-4-19(15-5-7-18(22)8-6-15)24(3)20(26)17-13-25(14-17)21(27)16-9-11-23(2)12-10-16/h5-8,16-17,19H,4,9-14H2,1-3H3/t19-/m1/s1. The van der Waals surface area contributed by atoms with E-state index < -0.39 is 0 Å². The van der Waals surface area contributed by atoms with Crippen molar-refractivity contribution in [1.29, 1.82) is 0 Å². The lowest BCUT2D eigenvalue weighted by Crippen LogP contribution is -2.58. The second-order valence-electron chi connectivity index (χ2n) is 7.94. The van der Waals surface area contributed by atoms with Crippen LogP contribution in [0.15, 0.2) is 24.3 Å². The van der Waals surface area contributed by atoms with E-state index in [1.165, 1.54) is 12.1 Å². The molecule has 0 aromatic heterocycles. The van der Waals surface area contributed by atoms with Crippen molar-refractivity contribution in [2.75, 3.05) is 40.3 Å². The lowest BCUT2D eigenvalue weighted by atomic mass is 9.90. The van der Waals surface area contributed by atoms with Gasteiger partial charge in [-0.25, -0.2) is 4.39 Å². The van der Waals surface area contributed by atoms with Gasteiger partial charge in [0.25, 0.3) is 0 Å². The normalized spacial score (nSPS) is 20.2. The second kappa shape index (κ2) is 8.38. The molecule has 2 fully saturated rings. The van der Waals surface area contributed by atoms with Crippen LogP contribution in [0.4, 0.5) is 4.39 Å². The number of piperidine rings is 1. The first kappa shape index (κ1) is 19.8. The molecule has 1 aromatic rings. The van der Waals surface area contributed by atoms with Crippen LogP contribution >= 0.6 is 0 Å². The van der Waals surface area contributed by atoms with Crippen molar-refractivity contribution >= 4 is 11.8 Å². The monoisotopic (exact) mass is 375 g/mol. The number of nitrogens with zero attached hydrogens (tertiary/aromatic N) is 3. The number of amides is 2. The third-order valence-electron chi connectivity index (χ3n) is 6.07. The quantitative estimate of drug-likeness (QED) is 0.794. The average molecular weight is 375 g/mol. The van der Waals surface area contributed by atoms with Crippen LogP contribution in [0.2, 0.25) is 0 Å². The Morgan fingerprint density at radius 3 is 2.30 bits per heavy atom. The van der Waals surface area contributed by atoms with Crippen LogP contribution in [0, 0.1) is 17.7 Å². The molecule has 0 aliphatic carbocycles. The van der Waals surface area contributed by atoms with Gasteiger partial charge in [-0.1, -0.05) is 19.1 Å². The van der Waals surface area contributed by atoms with Crippen molar-refractivity contribution in [3.05, 3.63) is 35.6 Å². The highest BCUT2D eigenvalue weighted by Gasteiger charge is 2.40. The van der Waals surface area contributed by atoms with Crippen LogP contribution in [0.3, 0.4) is 0 Å². The molecule has 0 spiro atoms. The smallest absolute Gasteiger partial charge is 0.229 e. The molecular formula is C21H30FN3O2. The molecule has 0 bridgehead atoms. The Labute approximate surface area is 161 Å². The molecule has 0 radical (unpaired) electrons. The summed E-state index contributed by atoms with van der Waals surface area (Å²) in [5, 5.41) is 0. The van der Waals surface area contributed by atoms with Crippen molar-refractivity contribution in [3.8, 4) is 0 Å². The first-order chi connectivity index (χ1) is 12.9. The topological polar surface area (TPSA) is 43.9 Å². The minimum atomic E-state index is -0.273. The molecule has 5 nitrogen and oxygen atoms in total. The van der Waals surface area contributed by atoms with Crippen LogP contribution in [0.5, 0.6) is 0 Å². The summed E-state index contributed by atoms with van der Waals surface area (Å²) in [5.74, 6) is -0.0130. The zero-order valence-corrected chi connectivity index (χ0v) is 16.5.